The van der Waals surface area contributed by atoms with Crippen LogP contribution < -0.4 is 0 Å². The Balaban J connectivity index is 1.95. The lowest BCUT2D eigenvalue weighted by atomic mass is 9.86. The van der Waals surface area contributed by atoms with Crippen molar-refractivity contribution in [3.8, 4) is 11.5 Å². The van der Waals surface area contributed by atoms with Crippen LogP contribution in [0, 0.1) is 11.3 Å². The number of hydrogen-bond donors (Lipinski definition) is 1. The molecule has 0 amide bonds. The number of aliphatic carboxylic acids is 1. The van der Waals surface area contributed by atoms with Crippen LogP contribution in [0.4, 0.5) is 8.78 Å². The highest BCUT2D eigenvalue weighted by Crippen LogP contribution is 2.50. The summed E-state index contributed by atoms with van der Waals surface area (Å²) in [5.41, 5.74) is -0.861. The monoisotopic (exact) mass is 496 g/mol. The van der Waals surface area contributed by atoms with Crippen LogP contribution >= 0.6 is 0 Å². The largest absolute Gasteiger partial charge is 0.481 e. The van der Waals surface area contributed by atoms with Gasteiger partial charge in [-0.15, -0.1) is 0 Å². The van der Waals surface area contributed by atoms with Crippen molar-refractivity contribution >= 4 is 11.9 Å². The van der Waals surface area contributed by atoms with Crippen molar-refractivity contribution < 1.29 is 37.3 Å². The number of carboxylic acids is 1. The van der Waals surface area contributed by atoms with E-state index in [4.69, 9.17) is 13.8 Å². The summed E-state index contributed by atoms with van der Waals surface area (Å²) in [5, 5.41) is 17.8. The molecule has 194 valence electrons. The summed E-state index contributed by atoms with van der Waals surface area (Å²) in [6.07, 6.45) is 2.17. The molecule has 2 aromatic rings. The van der Waals surface area contributed by atoms with Gasteiger partial charge in [0.05, 0.1) is 5.69 Å². The molecule has 35 heavy (non-hydrogen) atoms. The van der Waals surface area contributed by atoms with Crippen LogP contribution in [0.2, 0.25) is 0 Å². The van der Waals surface area contributed by atoms with E-state index >= 15 is 0 Å². The van der Waals surface area contributed by atoms with Gasteiger partial charge in [-0.05, 0) is 52.4 Å². The molecule has 2 heterocycles. The van der Waals surface area contributed by atoms with Gasteiger partial charge in [0, 0.05) is 23.0 Å². The molecule has 0 saturated heterocycles. The summed E-state index contributed by atoms with van der Waals surface area (Å²) in [7, 11) is 0. The fourth-order valence-corrected chi connectivity index (χ4v) is 3.88. The first-order chi connectivity index (χ1) is 16.1. The molecule has 0 spiro atoms. The minimum Gasteiger partial charge on any atom is -0.481 e. The van der Waals surface area contributed by atoms with Crippen molar-refractivity contribution in [3.05, 3.63) is 23.1 Å². The molecule has 2 atom stereocenters. The van der Waals surface area contributed by atoms with Gasteiger partial charge in [-0.2, -0.15) is 8.78 Å². The quantitative estimate of drug-likeness (QED) is 0.319. The summed E-state index contributed by atoms with van der Waals surface area (Å²) in [4.78, 5) is 24.5. The summed E-state index contributed by atoms with van der Waals surface area (Å²) in [5.74, 6) is -7.38. The molecule has 2 aromatic heterocycles. The van der Waals surface area contributed by atoms with E-state index in [0.29, 0.717) is 17.7 Å². The third-order valence-corrected chi connectivity index (χ3v) is 6.12. The Hall–Kier alpha value is -2.78. The number of esters is 1. The van der Waals surface area contributed by atoms with Crippen molar-refractivity contribution in [1.29, 1.82) is 0 Å². The van der Waals surface area contributed by atoms with Gasteiger partial charge in [-0.3, -0.25) is 9.59 Å². The third-order valence-electron chi connectivity index (χ3n) is 6.12. The Bertz CT molecular complexity index is 1070. The number of nitrogens with zero attached hydrogens (tertiary/aromatic N) is 2. The minimum absolute atomic E-state index is 0.0292. The standard InChI is InChI=1S/C25H34F2N2O6/c1-8-13(11-15(21(30)31)22(32)33-24(5,6)7)19-18(14-9-10-14)20(35-29-19)16-12-17(34-28-16)25(26,27)23(2,3)4/h12-15H,8-11H2,1-7H3,(H,30,31)/t13?,15-/m1/s1. The smallest absolute Gasteiger partial charge is 0.320 e. The molecular weight excluding hydrogens is 462 g/mol. The highest BCUT2D eigenvalue weighted by Gasteiger charge is 2.49. The molecule has 10 heteroatoms. The predicted molar refractivity (Wildman–Crippen MR) is 122 cm³/mol. The molecule has 0 aromatic carbocycles. The van der Waals surface area contributed by atoms with Crippen molar-refractivity contribution in [2.75, 3.05) is 0 Å². The first-order valence-electron chi connectivity index (χ1n) is 11.9. The molecule has 1 saturated carbocycles. The Morgan fingerprint density at radius 3 is 2.26 bits per heavy atom. The molecule has 0 bridgehead atoms. The van der Waals surface area contributed by atoms with Crippen molar-refractivity contribution in [3.63, 3.8) is 0 Å². The van der Waals surface area contributed by atoms with E-state index in [1.807, 2.05) is 6.92 Å². The predicted octanol–water partition coefficient (Wildman–Crippen LogP) is 6.27. The zero-order chi connectivity index (χ0) is 26.3. The normalized spacial score (nSPS) is 16.7. The lowest BCUT2D eigenvalue weighted by molar-refractivity contribution is -0.167. The maximum Gasteiger partial charge on any atom is 0.320 e. The number of carbonyl (C=O) groups is 2. The first-order valence-corrected chi connectivity index (χ1v) is 11.9. The van der Waals surface area contributed by atoms with E-state index in [2.05, 4.69) is 10.3 Å². The third kappa shape index (κ3) is 5.73. The maximum absolute atomic E-state index is 14.8. The van der Waals surface area contributed by atoms with E-state index in [1.165, 1.54) is 26.8 Å². The van der Waals surface area contributed by atoms with Gasteiger partial charge < -0.3 is 18.9 Å². The lowest BCUT2D eigenvalue weighted by Crippen LogP contribution is -2.33. The molecule has 0 radical (unpaired) electrons. The van der Waals surface area contributed by atoms with Crippen LogP contribution in [-0.4, -0.2) is 33.0 Å². The zero-order valence-electron chi connectivity index (χ0n) is 21.3. The topological polar surface area (TPSA) is 116 Å². The Morgan fingerprint density at radius 1 is 1.14 bits per heavy atom. The molecular formula is C25H34F2N2O6. The molecule has 1 N–H and O–H groups in total. The molecule has 0 aliphatic heterocycles. The number of carbonyl (C=O) groups excluding carboxylic acids is 1. The zero-order valence-corrected chi connectivity index (χ0v) is 21.3. The molecule has 3 rings (SSSR count). The Labute approximate surface area is 203 Å². The number of ether oxygens (including phenoxy) is 1. The molecule has 1 aliphatic rings. The minimum atomic E-state index is -3.26. The van der Waals surface area contributed by atoms with Gasteiger partial charge in [0.25, 0.3) is 0 Å². The van der Waals surface area contributed by atoms with E-state index in [-0.39, 0.29) is 23.8 Å². The summed E-state index contributed by atoms with van der Waals surface area (Å²) < 4.78 is 45.5. The second-order valence-electron chi connectivity index (χ2n) is 11.3. The van der Waals surface area contributed by atoms with Gasteiger partial charge >= 0.3 is 17.9 Å². The van der Waals surface area contributed by atoms with Gasteiger partial charge in [0.1, 0.15) is 5.60 Å². The van der Waals surface area contributed by atoms with Gasteiger partial charge in [-0.25, -0.2) is 0 Å². The number of halogens is 2. The number of carboxylic acid groups (broad SMARTS) is 1. The molecule has 1 unspecified atom stereocenters. The van der Waals surface area contributed by atoms with Crippen molar-refractivity contribution in [2.45, 2.75) is 97.5 Å². The van der Waals surface area contributed by atoms with Crippen LogP contribution in [0.5, 0.6) is 0 Å². The summed E-state index contributed by atoms with van der Waals surface area (Å²) in [6.45, 7) is 11.1. The lowest BCUT2D eigenvalue weighted by Gasteiger charge is -2.27. The fraction of sp³-hybridized carbons (Fsp3) is 0.680. The highest BCUT2D eigenvalue weighted by molar-refractivity contribution is 5.94. The number of hydrogen-bond acceptors (Lipinski definition) is 7. The first kappa shape index (κ1) is 26.8. The van der Waals surface area contributed by atoms with Crippen molar-refractivity contribution in [1.82, 2.24) is 10.3 Å². The van der Waals surface area contributed by atoms with Crippen LogP contribution in [0.15, 0.2) is 15.1 Å². The van der Waals surface area contributed by atoms with E-state index in [1.54, 1.807) is 20.8 Å². The number of aromatic nitrogens is 2. The number of alkyl halides is 2. The van der Waals surface area contributed by atoms with Gasteiger partial charge in [-0.1, -0.05) is 38.0 Å². The maximum atomic E-state index is 14.8. The molecule has 1 aliphatic carbocycles. The fourth-order valence-electron chi connectivity index (χ4n) is 3.88. The van der Waals surface area contributed by atoms with Crippen LogP contribution in [0.3, 0.4) is 0 Å². The summed E-state index contributed by atoms with van der Waals surface area (Å²) >= 11 is 0. The van der Waals surface area contributed by atoms with E-state index < -0.39 is 46.5 Å². The number of rotatable bonds is 9. The van der Waals surface area contributed by atoms with Crippen LogP contribution in [0.1, 0.15) is 103 Å². The average Bonchev–Trinajstić information content (AvgIpc) is 3.25. The highest BCUT2D eigenvalue weighted by atomic mass is 19.3. The SMILES string of the molecule is CCC(C[C@H](C(=O)O)C(=O)OC(C)(C)C)c1noc(-c2cc(C(F)(F)C(C)(C)C)on2)c1C1CC1. The Kier molecular flexibility index (Phi) is 7.16. The average molecular weight is 497 g/mol. The van der Waals surface area contributed by atoms with Crippen LogP contribution in [-0.2, 0) is 20.2 Å². The van der Waals surface area contributed by atoms with Gasteiger partial charge in [0.2, 0.25) is 5.76 Å². The van der Waals surface area contributed by atoms with Gasteiger partial charge in [0.15, 0.2) is 17.4 Å². The van der Waals surface area contributed by atoms with Crippen molar-refractivity contribution in [2.24, 2.45) is 11.3 Å². The molecule has 8 nitrogen and oxygen atoms in total. The van der Waals surface area contributed by atoms with Crippen LogP contribution in [0.25, 0.3) is 11.5 Å². The molecule has 1 fully saturated rings. The van der Waals surface area contributed by atoms with E-state index in [9.17, 15) is 23.5 Å². The second kappa shape index (κ2) is 9.35. The second-order valence-corrected chi connectivity index (χ2v) is 11.3. The Morgan fingerprint density at radius 2 is 1.77 bits per heavy atom. The van der Waals surface area contributed by atoms with E-state index in [0.717, 1.165) is 12.8 Å². The summed E-state index contributed by atoms with van der Waals surface area (Å²) in [6, 6.07) is 1.17.